The molecule has 2 aromatic rings. The topological polar surface area (TPSA) is 63.1 Å². The fourth-order valence-electron chi connectivity index (χ4n) is 1.28. The fraction of sp³-hybridized carbons (Fsp3) is 0. The highest BCUT2D eigenvalue weighted by Gasteiger charge is 1.91. The molecule has 17 heavy (non-hydrogen) atoms. The van der Waals surface area contributed by atoms with Crippen molar-refractivity contribution in [3.05, 3.63) is 48.5 Å². The predicted molar refractivity (Wildman–Crippen MR) is 70.7 cm³/mol. The highest BCUT2D eigenvalue weighted by atomic mass is 15.1. The van der Waals surface area contributed by atoms with E-state index in [0.29, 0.717) is 5.69 Å². The molecule has 0 aliphatic rings. The van der Waals surface area contributed by atoms with E-state index >= 15 is 0 Å². The molecule has 0 aromatic heterocycles. The second kappa shape index (κ2) is 5.03. The van der Waals surface area contributed by atoms with Crippen molar-refractivity contribution >= 4 is 29.5 Å². The van der Waals surface area contributed by atoms with Gasteiger partial charge in [0.25, 0.3) is 0 Å². The van der Waals surface area contributed by atoms with Gasteiger partial charge in [-0.25, -0.2) is 0 Å². The largest absolute Gasteiger partial charge is 0.399 e. The summed E-state index contributed by atoms with van der Waals surface area (Å²) in [5.74, 6) is 0. The molecule has 0 aliphatic carbocycles. The van der Waals surface area contributed by atoms with Gasteiger partial charge in [-0.1, -0.05) is 0 Å². The van der Waals surface area contributed by atoms with E-state index in [2.05, 4.69) is 21.9 Å². The zero-order valence-electron chi connectivity index (χ0n) is 9.24. The van der Waals surface area contributed by atoms with Crippen molar-refractivity contribution in [2.45, 2.75) is 0 Å². The first-order valence-corrected chi connectivity index (χ1v) is 5.12. The summed E-state index contributed by atoms with van der Waals surface area (Å²) in [5.41, 5.74) is 8.65. The molecule has 0 spiro atoms. The maximum atomic E-state index is 5.58. The van der Waals surface area contributed by atoms with E-state index in [4.69, 9.17) is 5.73 Å². The SMILES string of the molecule is C=Nc1ccc(N=Nc2ccc(N)cc2)cc1. The molecule has 0 fully saturated rings. The average molecular weight is 224 g/mol. The van der Waals surface area contributed by atoms with Gasteiger partial charge >= 0.3 is 0 Å². The molecule has 0 heterocycles. The van der Waals surface area contributed by atoms with Crippen LogP contribution in [-0.4, -0.2) is 6.72 Å². The third kappa shape index (κ3) is 2.98. The number of nitrogens with two attached hydrogens (primary N) is 1. The van der Waals surface area contributed by atoms with Crippen molar-refractivity contribution < 1.29 is 0 Å². The van der Waals surface area contributed by atoms with Gasteiger partial charge in [0, 0.05) is 5.69 Å². The van der Waals surface area contributed by atoms with Gasteiger partial charge in [0.2, 0.25) is 0 Å². The van der Waals surface area contributed by atoms with Gasteiger partial charge in [0.15, 0.2) is 0 Å². The highest BCUT2D eigenvalue weighted by molar-refractivity contribution is 5.51. The van der Waals surface area contributed by atoms with Crippen LogP contribution in [0.25, 0.3) is 0 Å². The van der Waals surface area contributed by atoms with E-state index in [1.807, 2.05) is 36.4 Å². The monoisotopic (exact) mass is 224 g/mol. The summed E-state index contributed by atoms with van der Waals surface area (Å²) in [4.78, 5) is 3.80. The third-order valence-corrected chi connectivity index (χ3v) is 2.21. The summed E-state index contributed by atoms with van der Waals surface area (Å²) in [6.07, 6.45) is 0. The molecular formula is C13H12N4. The Hall–Kier alpha value is -2.49. The van der Waals surface area contributed by atoms with Gasteiger partial charge in [-0.15, -0.1) is 0 Å². The Morgan fingerprint density at radius 3 is 1.59 bits per heavy atom. The van der Waals surface area contributed by atoms with Crippen LogP contribution in [0.1, 0.15) is 0 Å². The Kier molecular flexibility index (Phi) is 3.25. The molecular weight excluding hydrogens is 212 g/mol. The Labute approximate surface area is 99.5 Å². The zero-order valence-corrected chi connectivity index (χ0v) is 9.24. The summed E-state index contributed by atoms with van der Waals surface area (Å²) < 4.78 is 0. The number of azo groups is 1. The van der Waals surface area contributed by atoms with Crippen LogP contribution in [-0.2, 0) is 0 Å². The van der Waals surface area contributed by atoms with E-state index in [1.54, 1.807) is 12.1 Å². The number of anilines is 1. The molecule has 0 saturated heterocycles. The molecule has 0 saturated carbocycles. The lowest BCUT2D eigenvalue weighted by Crippen LogP contribution is -1.80. The van der Waals surface area contributed by atoms with Gasteiger partial charge < -0.3 is 5.73 Å². The van der Waals surface area contributed by atoms with Crippen LogP contribution < -0.4 is 5.73 Å². The van der Waals surface area contributed by atoms with Crippen LogP contribution in [0, 0.1) is 0 Å². The van der Waals surface area contributed by atoms with Gasteiger partial charge in [-0.05, 0) is 55.2 Å². The lowest BCUT2D eigenvalue weighted by atomic mass is 10.3. The molecule has 0 unspecified atom stereocenters. The summed E-state index contributed by atoms with van der Waals surface area (Å²) in [6, 6.07) is 14.6. The maximum Gasteiger partial charge on any atom is 0.0858 e. The molecule has 4 heteroatoms. The summed E-state index contributed by atoms with van der Waals surface area (Å²) in [5, 5.41) is 8.20. The second-order valence-corrected chi connectivity index (χ2v) is 3.47. The van der Waals surface area contributed by atoms with Crippen LogP contribution in [0.3, 0.4) is 0 Å². The maximum absolute atomic E-state index is 5.58. The Morgan fingerprint density at radius 2 is 1.12 bits per heavy atom. The normalized spacial score (nSPS) is 10.6. The summed E-state index contributed by atoms with van der Waals surface area (Å²) in [6.45, 7) is 3.45. The lowest BCUT2D eigenvalue weighted by Gasteiger charge is -1.95. The molecule has 0 atom stereocenters. The Morgan fingerprint density at radius 1 is 0.706 bits per heavy atom. The minimum Gasteiger partial charge on any atom is -0.399 e. The average Bonchev–Trinajstić information content (AvgIpc) is 2.39. The minimum absolute atomic E-state index is 0.713. The van der Waals surface area contributed by atoms with Crippen LogP contribution in [0.5, 0.6) is 0 Å². The minimum atomic E-state index is 0.713. The molecule has 4 nitrogen and oxygen atoms in total. The smallest absolute Gasteiger partial charge is 0.0858 e. The number of hydrogen-bond acceptors (Lipinski definition) is 4. The quantitative estimate of drug-likeness (QED) is 0.477. The zero-order chi connectivity index (χ0) is 12.1. The van der Waals surface area contributed by atoms with Crippen molar-refractivity contribution in [3.8, 4) is 0 Å². The molecule has 0 bridgehead atoms. The molecule has 0 amide bonds. The van der Waals surface area contributed by atoms with Crippen LogP contribution in [0.15, 0.2) is 63.8 Å². The first-order valence-electron chi connectivity index (χ1n) is 5.12. The standard InChI is InChI=1S/C13H12N4/c1-15-11-6-8-13(9-7-11)17-16-12-4-2-10(14)3-5-12/h2-9H,1,14H2. The van der Waals surface area contributed by atoms with Crippen LogP contribution in [0.2, 0.25) is 0 Å². The van der Waals surface area contributed by atoms with E-state index in [0.717, 1.165) is 17.1 Å². The van der Waals surface area contributed by atoms with Crippen molar-refractivity contribution in [2.75, 3.05) is 5.73 Å². The van der Waals surface area contributed by atoms with Crippen molar-refractivity contribution in [3.63, 3.8) is 0 Å². The first kappa shape index (κ1) is 11.0. The predicted octanol–water partition coefficient (Wildman–Crippen LogP) is 4.02. The van der Waals surface area contributed by atoms with Crippen LogP contribution in [0.4, 0.5) is 22.7 Å². The van der Waals surface area contributed by atoms with Gasteiger partial charge in [-0.3, -0.25) is 4.99 Å². The molecule has 2 rings (SSSR count). The lowest BCUT2D eigenvalue weighted by molar-refractivity contribution is 1.23. The second-order valence-electron chi connectivity index (χ2n) is 3.47. The van der Waals surface area contributed by atoms with Crippen molar-refractivity contribution in [1.29, 1.82) is 0 Å². The molecule has 0 aliphatic heterocycles. The number of nitrogen functional groups attached to an aromatic ring is 1. The van der Waals surface area contributed by atoms with E-state index in [9.17, 15) is 0 Å². The summed E-state index contributed by atoms with van der Waals surface area (Å²) >= 11 is 0. The van der Waals surface area contributed by atoms with Crippen molar-refractivity contribution in [2.24, 2.45) is 15.2 Å². The van der Waals surface area contributed by atoms with E-state index < -0.39 is 0 Å². The highest BCUT2D eigenvalue weighted by Crippen LogP contribution is 2.21. The van der Waals surface area contributed by atoms with Gasteiger partial charge in [0.1, 0.15) is 0 Å². The Balaban J connectivity index is 2.14. The van der Waals surface area contributed by atoms with Gasteiger partial charge in [-0.2, -0.15) is 10.2 Å². The number of hydrogen-bond donors (Lipinski definition) is 1. The summed E-state index contributed by atoms with van der Waals surface area (Å²) in [7, 11) is 0. The number of benzene rings is 2. The molecule has 2 aromatic carbocycles. The fourth-order valence-corrected chi connectivity index (χ4v) is 1.28. The Bertz CT molecular complexity index is 526. The van der Waals surface area contributed by atoms with Crippen LogP contribution >= 0.6 is 0 Å². The van der Waals surface area contributed by atoms with E-state index in [-0.39, 0.29) is 0 Å². The first-order chi connectivity index (χ1) is 8.28. The number of rotatable bonds is 3. The molecule has 2 N–H and O–H groups in total. The molecule has 0 radical (unpaired) electrons. The van der Waals surface area contributed by atoms with E-state index in [1.165, 1.54) is 0 Å². The number of aliphatic imine (C=N–C) groups is 1. The third-order valence-electron chi connectivity index (χ3n) is 2.21. The van der Waals surface area contributed by atoms with Gasteiger partial charge in [0.05, 0.1) is 17.1 Å². The van der Waals surface area contributed by atoms with Crippen molar-refractivity contribution in [1.82, 2.24) is 0 Å². The molecule has 84 valence electrons. The number of nitrogens with zero attached hydrogens (tertiary/aromatic N) is 3.